The van der Waals surface area contributed by atoms with E-state index in [0.29, 0.717) is 18.6 Å². The Bertz CT molecular complexity index is 388. The molecule has 1 unspecified atom stereocenters. The average molecular weight is 296 g/mol. The molecule has 1 saturated carbocycles. The normalized spacial score (nSPS) is 33.8. The summed E-state index contributed by atoms with van der Waals surface area (Å²) >= 11 is 0. The predicted octanol–water partition coefficient (Wildman–Crippen LogP) is -0.0781. The van der Waals surface area contributed by atoms with E-state index in [9.17, 15) is 9.59 Å². The van der Waals surface area contributed by atoms with Gasteiger partial charge in [0, 0.05) is 18.6 Å². The highest BCUT2D eigenvalue weighted by Crippen LogP contribution is 2.29. The number of nitrogens with two attached hydrogens (primary N) is 1. The first kappa shape index (κ1) is 16.2. The molecule has 0 bridgehead atoms. The van der Waals surface area contributed by atoms with E-state index >= 15 is 0 Å². The van der Waals surface area contributed by atoms with E-state index in [-0.39, 0.29) is 24.0 Å². The molecule has 0 radical (unpaired) electrons. The third-order valence-corrected chi connectivity index (χ3v) is 5.14. The van der Waals surface area contributed by atoms with Gasteiger partial charge in [-0.2, -0.15) is 0 Å². The van der Waals surface area contributed by atoms with Crippen LogP contribution in [0.25, 0.3) is 0 Å². The third-order valence-electron chi connectivity index (χ3n) is 5.14. The van der Waals surface area contributed by atoms with Crippen molar-refractivity contribution in [1.29, 1.82) is 0 Å². The molecule has 0 aromatic heterocycles. The van der Waals surface area contributed by atoms with Crippen LogP contribution in [-0.4, -0.2) is 65.9 Å². The molecule has 6 nitrogen and oxygen atoms in total. The molecule has 0 aromatic rings. The monoisotopic (exact) mass is 296 g/mol. The molecular weight excluding hydrogens is 268 g/mol. The minimum atomic E-state index is -0.363. The van der Waals surface area contributed by atoms with Gasteiger partial charge in [-0.1, -0.05) is 0 Å². The Hall–Kier alpha value is -1.14. The van der Waals surface area contributed by atoms with Gasteiger partial charge in [-0.25, -0.2) is 0 Å². The second-order valence-electron chi connectivity index (χ2n) is 6.61. The Morgan fingerprint density at radius 3 is 2.62 bits per heavy atom. The van der Waals surface area contributed by atoms with Crippen molar-refractivity contribution in [3.63, 3.8) is 0 Å². The number of carbonyl (C=O) groups excluding carboxylic acids is 2. The maximum absolute atomic E-state index is 12.2. The van der Waals surface area contributed by atoms with E-state index in [2.05, 4.69) is 31.1 Å². The number of rotatable bonds is 5. The maximum Gasteiger partial charge on any atom is 0.239 e. The van der Waals surface area contributed by atoms with Gasteiger partial charge in [0.25, 0.3) is 0 Å². The Balaban J connectivity index is 2.06. The number of amides is 2. The average Bonchev–Trinajstić information content (AvgIpc) is 2.78. The van der Waals surface area contributed by atoms with E-state index in [1.807, 2.05) is 4.90 Å². The number of hydrogen-bond donors (Lipinski definition) is 2. The number of hydrogen-bond acceptors (Lipinski definition) is 4. The molecule has 2 amide bonds. The molecule has 1 aliphatic heterocycles. The molecule has 1 heterocycles. The van der Waals surface area contributed by atoms with E-state index in [1.165, 1.54) is 0 Å². The zero-order valence-corrected chi connectivity index (χ0v) is 13.3. The minimum Gasteiger partial charge on any atom is -0.354 e. The predicted molar refractivity (Wildman–Crippen MR) is 81.6 cm³/mol. The van der Waals surface area contributed by atoms with Gasteiger partial charge in [-0.3, -0.25) is 9.59 Å². The number of carbonyl (C=O) groups is 2. The molecule has 3 N–H and O–H groups in total. The lowest BCUT2D eigenvalue weighted by molar-refractivity contribution is -0.132. The van der Waals surface area contributed by atoms with Gasteiger partial charge in [0.15, 0.2) is 0 Å². The summed E-state index contributed by atoms with van der Waals surface area (Å²) < 4.78 is 0. The minimum absolute atomic E-state index is 0.0247. The van der Waals surface area contributed by atoms with Crippen LogP contribution in [0, 0.1) is 0 Å². The van der Waals surface area contributed by atoms with E-state index in [4.69, 9.17) is 5.73 Å². The largest absolute Gasteiger partial charge is 0.354 e. The Morgan fingerprint density at radius 1 is 1.38 bits per heavy atom. The lowest BCUT2D eigenvalue weighted by Gasteiger charge is -2.44. The zero-order valence-electron chi connectivity index (χ0n) is 13.3. The fourth-order valence-electron chi connectivity index (χ4n) is 3.62. The lowest BCUT2D eigenvalue weighted by atomic mass is 9.84. The van der Waals surface area contributed by atoms with Crippen LogP contribution in [0.1, 0.15) is 39.5 Å². The number of nitrogens with one attached hydrogen (secondary N) is 1. The summed E-state index contributed by atoms with van der Waals surface area (Å²) in [5, 5.41) is 2.93. The summed E-state index contributed by atoms with van der Waals surface area (Å²) in [5.41, 5.74) is 5.82. The van der Waals surface area contributed by atoms with Crippen molar-refractivity contribution in [1.82, 2.24) is 15.1 Å². The van der Waals surface area contributed by atoms with E-state index in [1.54, 1.807) is 0 Å². The molecule has 1 saturated heterocycles. The van der Waals surface area contributed by atoms with Gasteiger partial charge in [-0.15, -0.1) is 0 Å². The first-order valence-corrected chi connectivity index (χ1v) is 7.93. The van der Waals surface area contributed by atoms with E-state index < -0.39 is 0 Å². The van der Waals surface area contributed by atoms with Gasteiger partial charge in [0.05, 0.1) is 18.1 Å². The highest BCUT2D eigenvalue weighted by Gasteiger charge is 2.41. The summed E-state index contributed by atoms with van der Waals surface area (Å²) in [5.74, 6) is 0.0355. The summed E-state index contributed by atoms with van der Waals surface area (Å²) in [6, 6.07) is 0.679. The van der Waals surface area contributed by atoms with Crippen molar-refractivity contribution < 1.29 is 9.59 Å². The number of nitrogens with zero attached hydrogens (tertiary/aromatic N) is 2. The quantitative estimate of drug-likeness (QED) is 0.696. The molecule has 0 aromatic carbocycles. The number of likely N-dealkylation sites (tertiary alicyclic amines) is 1. The van der Waals surface area contributed by atoms with Crippen molar-refractivity contribution in [3.8, 4) is 0 Å². The first-order chi connectivity index (χ1) is 9.95. The molecule has 2 rings (SSSR count). The van der Waals surface area contributed by atoms with Gasteiger partial charge >= 0.3 is 0 Å². The van der Waals surface area contributed by atoms with Gasteiger partial charge in [-0.05, 0) is 46.6 Å². The molecule has 120 valence electrons. The topological polar surface area (TPSA) is 78.7 Å². The van der Waals surface area contributed by atoms with Gasteiger partial charge in [0.2, 0.25) is 12.3 Å². The summed E-state index contributed by atoms with van der Waals surface area (Å²) in [6.45, 7) is 5.07. The molecule has 2 aliphatic rings. The van der Waals surface area contributed by atoms with Crippen molar-refractivity contribution in [3.05, 3.63) is 0 Å². The van der Waals surface area contributed by atoms with Crippen molar-refractivity contribution >= 4 is 12.3 Å². The maximum atomic E-state index is 12.2. The molecule has 2 fully saturated rings. The van der Waals surface area contributed by atoms with Crippen LogP contribution in [0.4, 0.5) is 0 Å². The zero-order chi connectivity index (χ0) is 15.6. The lowest BCUT2D eigenvalue weighted by Crippen LogP contribution is -2.57. The molecule has 1 aliphatic carbocycles. The van der Waals surface area contributed by atoms with Crippen LogP contribution >= 0.6 is 0 Å². The Labute approximate surface area is 127 Å². The molecular formula is C15H28N4O2. The smallest absolute Gasteiger partial charge is 0.239 e. The summed E-state index contributed by atoms with van der Waals surface area (Å²) in [6.07, 6.45) is 4.34. The summed E-state index contributed by atoms with van der Waals surface area (Å²) in [7, 11) is 2.13. The van der Waals surface area contributed by atoms with E-state index in [0.717, 1.165) is 32.1 Å². The molecule has 6 heteroatoms. The third kappa shape index (κ3) is 3.37. The Morgan fingerprint density at radius 2 is 2.10 bits per heavy atom. The molecule has 4 atom stereocenters. The molecule has 0 spiro atoms. The van der Waals surface area contributed by atoms with Crippen LogP contribution in [0.3, 0.4) is 0 Å². The Kier molecular flexibility index (Phi) is 5.22. The van der Waals surface area contributed by atoms with Gasteiger partial charge in [0.1, 0.15) is 0 Å². The highest BCUT2D eigenvalue weighted by atomic mass is 16.2. The fraction of sp³-hybridized carbons (Fsp3) is 0.867. The standard InChI is InChI=1S/C15H28N4O2/c1-10(2)18(3)11-4-5-14(13(8-11)17-9-20)19-7-6-12(16)15(19)21/h9-14H,4-8,16H2,1-3H3,(H,17,20)/t11-,12?,13-,14+/m1/s1. The van der Waals surface area contributed by atoms with Gasteiger partial charge < -0.3 is 20.9 Å². The van der Waals surface area contributed by atoms with Crippen molar-refractivity contribution in [2.24, 2.45) is 5.73 Å². The fourth-order valence-corrected chi connectivity index (χ4v) is 3.62. The van der Waals surface area contributed by atoms with Crippen LogP contribution in [-0.2, 0) is 9.59 Å². The molecule has 21 heavy (non-hydrogen) atoms. The second-order valence-corrected chi connectivity index (χ2v) is 6.61. The van der Waals surface area contributed by atoms with Crippen molar-refractivity contribution in [2.45, 2.75) is 69.7 Å². The van der Waals surface area contributed by atoms with Crippen LogP contribution in [0.5, 0.6) is 0 Å². The summed E-state index contributed by atoms with van der Waals surface area (Å²) in [4.78, 5) is 27.3. The highest BCUT2D eigenvalue weighted by molar-refractivity contribution is 5.84. The van der Waals surface area contributed by atoms with Crippen molar-refractivity contribution in [2.75, 3.05) is 13.6 Å². The van der Waals surface area contributed by atoms with Crippen LogP contribution < -0.4 is 11.1 Å². The van der Waals surface area contributed by atoms with Crippen LogP contribution in [0.2, 0.25) is 0 Å². The first-order valence-electron chi connectivity index (χ1n) is 7.93. The SMILES string of the molecule is CC(C)N(C)[C@@H]1CC[C@H](N2CCC(N)C2=O)[C@H](NC=O)C1. The second kappa shape index (κ2) is 6.75. The van der Waals surface area contributed by atoms with Crippen LogP contribution in [0.15, 0.2) is 0 Å².